The third-order valence-electron chi connectivity index (χ3n) is 2.63. The van der Waals surface area contributed by atoms with Crippen molar-refractivity contribution in [3.63, 3.8) is 0 Å². The number of rotatable bonds is 8. The van der Waals surface area contributed by atoms with Gasteiger partial charge < -0.3 is 15.4 Å². The van der Waals surface area contributed by atoms with Crippen LogP contribution in [0, 0.1) is 0 Å². The minimum Gasteiger partial charge on any atom is -0.383 e. The van der Waals surface area contributed by atoms with Crippen LogP contribution >= 0.6 is 15.9 Å². The predicted molar refractivity (Wildman–Crippen MR) is 80.2 cm³/mol. The first-order valence-corrected chi connectivity index (χ1v) is 7.14. The molecule has 5 heteroatoms. The van der Waals surface area contributed by atoms with Gasteiger partial charge in [0.25, 0.3) is 0 Å². The number of amides is 1. The molecule has 0 spiro atoms. The summed E-state index contributed by atoms with van der Waals surface area (Å²) < 4.78 is 5.96. The van der Waals surface area contributed by atoms with Gasteiger partial charge in [0.2, 0.25) is 5.91 Å². The Kier molecular flexibility index (Phi) is 7.70. The molecule has 4 nitrogen and oxygen atoms in total. The van der Waals surface area contributed by atoms with E-state index in [2.05, 4.69) is 38.7 Å². The summed E-state index contributed by atoms with van der Waals surface area (Å²) in [4.78, 5) is 11.6. The number of halogens is 1. The van der Waals surface area contributed by atoms with Crippen molar-refractivity contribution in [2.24, 2.45) is 0 Å². The maximum atomic E-state index is 11.6. The van der Waals surface area contributed by atoms with E-state index >= 15 is 0 Å². The molecule has 106 valence electrons. The highest BCUT2D eigenvalue weighted by Gasteiger charge is 2.07. The molecule has 0 aliphatic heterocycles. The summed E-state index contributed by atoms with van der Waals surface area (Å²) in [5, 5.41) is 5.99. The first-order chi connectivity index (χ1) is 9.11. The molecule has 19 heavy (non-hydrogen) atoms. The lowest BCUT2D eigenvalue weighted by Gasteiger charge is -2.14. The van der Waals surface area contributed by atoms with Crippen LogP contribution in [-0.4, -0.2) is 38.8 Å². The standard InChI is InChI=1S/C14H21BrN2O2/c1-11(9-12-3-5-13(15)6-4-12)17-14(18)10-16-7-8-19-2/h3-6,11,16H,7-10H2,1-2H3,(H,17,18). The second kappa shape index (κ2) is 9.07. The van der Waals surface area contributed by atoms with Crippen LogP contribution in [0.4, 0.5) is 0 Å². The van der Waals surface area contributed by atoms with Crippen molar-refractivity contribution in [3.05, 3.63) is 34.3 Å². The lowest BCUT2D eigenvalue weighted by atomic mass is 10.1. The van der Waals surface area contributed by atoms with E-state index in [1.165, 1.54) is 5.56 Å². The van der Waals surface area contributed by atoms with Crippen molar-refractivity contribution in [3.8, 4) is 0 Å². The van der Waals surface area contributed by atoms with E-state index in [1.54, 1.807) is 7.11 Å². The van der Waals surface area contributed by atoms with Gasteiger partial charge in [-0.15, -0.1) is 0 Å². The molecule has 1 unspecified atom stereocenters. The molecular weight excluding hydrogens is 308 g/mol. The van der Waals surface area contributed by atoms with Crippen molar-refractivity contribution >= 4 is 21.8 Å². The summed E-state index contributed by atoms with van der Waals surface area (Å²) in [6.07, 6.45) is 0.830. The molecule has 1 atom stereocenters. The highest BCUT2D eigenvalue weighted by molar-refractivity contribution is 9.10. The van der Waals surface area contributed by atoms with Gasteiger partial charge >= 0.3 is 0 Å². The Bertz CT molecular complexity index is 382. The normalized spacial score (nSPS) is 12.2. The van der Waals surface area contributed by atoms with Crippen molar-refractivity contribution in [1.29, 1.82) is 0 Å². The van der Waals surface area contributed by atoms with E-state index in [0.717, 1.165) is 10.9 Å². The summed E-state index contributed by atoms with van der Waals surface area (Å²) in [6.45, 7) is 3.63. The zero-order valence-electron chi connectivity index (χ0n) is 11.4. The van der Waals surface area contributed by atoms with Gasteiger partial charge in [0.15, 0.2) is 0 Å². The minimum absolute atomic E-state index is 0.0146. The van der Waals surface area contributed by atoms with Crippen LogP contribution in [-0.2, 0) is 16.0 Å². The van der Waals surface area contributed by atoms with Crippen molar-refractivity contribution in [2.45, 2.75) is 19.4 Å². The molecule has 1 rings (SSSR count). The van der Waals surface area contributed by atoms with Crippen LogP contribution in [0.1, 0.15) is 12.5 Å². The van der Waals surface area contributed by atoms with Gasteiger partial charge in [-0.05, 0) is 31.0 Å². The Morgan fingerprint density at radius 1 is 1.37 bits per heavy atom. The van der Waals surface area contributed by atoms with Gasteiger partial charge in [0.05, 0.1) is 13.2 Å². The van der Waals surface area contributed by atoms with E-state index < -0.39 is 0 Å². The smallest absolute Gasteiger partial charge is 0.234 e. The molecule has 0 aliphatic rings. The highest BCUT2D eigenvalue weighted by atomic mass is 79.9. The summed E-state index contributed by atoms with van der Waals surface area (Å²) in [7, 11) is 1.64. The van der Waals surface area contributed by atoms with Crippen molar-refractivity contribution < 1.29 is 9.53 Å². The van der Waals surface area contributed by atoms with Gasteiger partial charge in [-0.25, -0.2) is 0 Å². The van der Waals surface area contributed by atoms with Crippen LogP contribution in [0.25, 0.3) is 0 Å². The molecule has 0 aliphatic carbocycles. The van der Waals surface area contributed by atoms with Crippen LogP contribution in [0.15, 0.2) is 28.7 Å². The first-order valence-electron chi connectivity index (χ1n) is 6.35. The van der Waals surface area contributed by atoms with Gasteiger partial charge in [-0.2, -0.15) is 0 Å². The molecule has 0 bridgehead atoms. The Morgan fingerprint density at radius 3 is 2.68 bits per heavy atom. The zero-order chi connectivity index (χ0) is 14.1. The van der Waals surface area contributed by atoms with Crippen molar-refractivity contribution in [2.75, 3.05) is 26.8 Å². The molecule has 0 fully saturated rings. The number of hydrogen-bond donors (Lipinski definition) is 2. The highest BCUT2D eigenvalue weighted by Crippen LogP contribution is 2.11. The van der Waals surface area contributed by atoms with Gasteiger partial charge in [-0.1, -0.05) is 28.1 Å². The number of nitrogens with one attached hydrogen (secondary N) is 2. The molecule has 0 heterocycles. The molecule has 0 aromatic heterocycles. The van der Waals surface area contributed by atoms with Crippen LogP contribution in [0.2, 0.25) is 0 Å². The molecule has 1 aromatic carbocycles. The average molecular weight is 329 g/mol. The van der Waals surface area contributed by atoms with Gasteiger partial charge in [0.1, 0.15) is 0 Å². The lowest BCUT2D eigenvalue weighted by molar-refractivity contribution is -0.120. The Labute approximate surface area is 123 Å². The number of methoxy groups -OCH3 is 1. The van der Waals surface area contributed by atoms with Gasteiger partial charge in [-0.3, -0.25) is 4.79 Å². The predicted octanol–water partition coefficient (Wildman–Crippen LogP) is 1.73. The average Bonchev–Trinajstić information content (AvgIpc) is 2.37. The quantitative estimate of drug-likeness (QED) is 0.714. The topological polar surface area (TPSA) is 50.4 Å². The monoisotopic (exact) mass is 328 g/mol. The number of carbonyl (C=O) groups excluding carboxylic acids is 1. The molecule has 1 amide bonds. The summed E-state index contributed by atoms with van der Waals surface area (Å²) >= 11 is 3.40. The third kappa shape index (κ3) is 7.30. The fourth-order valence-corrected chi connectivity index (χ4v) is 1.99. The molecule has 0 saturated carbocycles. The molecular formula is C14H21BrN2O2. The SMILES string of the molecule is COCCNCC(=O)NC(C)Cc1ccc(Br)cc1. The number of benzene rings is 1. The summed E-state index contributed by atoms with van der Waals surface area (Å²) in [5.41, 5.74) is 1.21. The Hall–Kier alpha value is -0.910. The number of carbonyl (C=O) groups is 1. The van der Waals surface area contributed by atoms with E-state index in [-0.39, 0.29) is 11.9 Å². The van der Waals surface area contributed by atoms with Crippen LogP contribution in [0.5, 0.6) is 0 Å². The largest absolute Gasteiger partial charge is 0.383 e. The maximum absolute atomic E-state index is 11.6. The first kappa shape index (κ1) is 16.1. The number of hydrogen-bond acceptors (Lipinski definition) is 3. The Balaban J connectivity index is 2.24. The maximum Gasteiger partial charge on any atom is 0.234 e. The summed E-state index contributed by atoms with van der Waals surface area (Å²) in [5.74, 6) is 0.0146. The molecule has 0 radical (unpaired) electrons. The van der Waals surface area contributed by atoms with Crippen LogP contribution in [0.3, 0.4) is 0 Å². The molecule has 2 N–H and O–H groups in total. The van der Waals surface area contributed by atoms with E-state index in [9.17, 15) is 4.79 Å². The number of ether oxygens (including phenoxy) is 1. The second-order valence-corrected chi connectivity index (χ2v) is 5.38. The second-order valence-electron chi connectivity index (χ2n) is 4.47. The third-order valence-corrected chi connectivity index (χ3v) is 3.16. The molecule has 0 saturated heterocycles. The molecule has 1 aromatic rings. The zero-order valence-corrected chi connectivity index (χ0v) is 13.0. The lowest BCUT2D eigenvalue weighted by Crippen LogP contribution is -2.40. The Morgan fingerprint density at radius 2 is 2.05 bits per heavy atom. The van der Waals surface area contributed by atoms with Gasteiger partial charge in [0, 0.05) is 24.2 Å². The van der Waals surface area contributed by atoms with E-state index in [4.69, 9.17) is 4.74 Å². The minimum atomic E-state index is 0.0146. The van der Waals surface area contributed by atoms with Crippen molar-refractivity contribution in [1.82, 2.24) is 10.6 Å². The fraction of sp³-hybridized carbons (Fsp3) is 0.500. The summed E-state index contributed by atoms with van der Waals surface area (Å²) in [6, 6.07) is 8.26. The van der Waals surface area contributed by atoms with E-state index in [1.807, 2.05) is 19.1 Å². The fourth-order valence-electron chi connectivity index (χ4n) is 1.73. The van der Waals surface area contributed by atoms with Crippen LogP contribution < -0.4 is 10.6 Å². The van der Waals surface area contributed by atoms with E-state index in [0.29, 0.717) is 19.7 Å².